The molecule has 148 valence electrons. The maximum atomic E-state index is 13.6. The number of para-hydroxylation sites is 1. The molecule has 0 unspecified atom stereocenters. The predicted octanol–water partition coefficient (Wildman–Crippen LogP) is 6.56. The summed E-state index contributed by atoms with van der Waals surface area (Å²) in [6.45, 7) is 0. The molecular weight excluding hydrogens is 422 g/mol. The van der Waals surface area contributed by atoms with Gasteiger partial charge in [0.25, 0.3) is 0 Å². The number of rotatable bonds is 2. The van der Waals surface area contributed by atoms with E-state index in [9.17, 15) is 9.59 Å². The Morgan fingerprint density at radius 1 is 0.677 bits per heavy atom. The Bertz CT molecular complexity index is 1750. The van der Waals surface area contributed by atoms with Gasteiger partial charge in [-0.1, -0.05) is 66.4 Å². The van der Waals surface area contributed by atoms with Gasteiger partial charge in [0, 0.05) is 25.9 Å². The minimum Gasteiger partial charge on any atom is -0.353 e. The summed E-state index contributed by atoms with van der Waals surface area (Å²) in [6, 6.07) is 27.1. The first kappa shape index (κ1) is 18.4. The molecular formula is C26H15NO2S2. The van der Waals surface area contributed by atoms with Crippen LogP contribution < -0.4 is 10.9 Å². The van der Waals surface area contributed by atoms with Crippen molar-refractivity contribution in [3.8, 4) is 0 Å². The van der Waals surface area contributed by atoms with Gasteiger partial charge in [0.2, 0.25) is 0 Å². The van der Waals surface area contributed by atoms with Gasteiger partial charge >= 0.3 is 0 Å². The van der Waals surface area contributed by atoms with Crippen molar-refractivity contribution in [3.05, 3.63) is 105 Å². The highest BCUT2D eigenvalue weighted by atomic mass is 32.2. The molecule has 0 spiro atoms. The number of hydrogen-bond donors (Lipinski definition) is 1. The van der Waals surface area contributed by atoms with Gasteiger partial charge in [-0.25, -0.2) is 0 Å². The number of H-pyrrole nitrogens is 1. The van der Waals surface area contributed by atoms with Gasteiger partial charge in [-0.05, 0) is 30.3 Å². The highest BCUT2D eigenvalue weighted by Crippen LogP contribution is 2.38. The van der Waals surface area contributed by atoms with E-state index in [2.05, 4.69) is 11.1 Å². The third-order valence-corrected chi connectivity index (χ3v) is 7.63. The first-order valence-electron chi connectivity index (χ1n) is 9.87. The smallest absolute Gasteiger partial charge is 0.196 e. The van der Waals surface area contributed by atoms with Crippen LogP contribution in [-0.2, 0) is 0 Å². The zero-order valence-corrected chi connectivity index (χ0v) is 17.8. The van der Waals surface area contributed by atoms with Crippen molar-refractivity contribution >= 4 is 65.1 Å². The fourth-order valence-corrected chi connectivity index (χ4v) is 6.19. The maximum absolute atomic E-state index is 13.6. The summed E-state index contributed by atoms with van der Waals surface area (Å²) < 4.78 is 2.05. The van der Waals surface area contributed by atoms with Crippen LogP contribution in [0.3, 0.4) is 0 Å². The molecule has 6 aromatic rings. The fourth-order valence-electron chi connectivity index (χ4n) is 4.05. The average Bonchev–Trinajstić information content (AvgIpc) is 2.81. The van der Waals surface area contributed by atoms with E-state index in [4.69, 9.17) is 0 Å². The van der Waals surface area contributed by atoms with Crippen LogP contribution in [0.25, 0.3) is 42.0 Å². The van der Waals surface area contributed by atoms with Gasteiger partial charge < -0.3 is 4.98 Å². The maximum Gasteiger partial charge on any atom is 0.196 e. The van der Waals surface area contributed by atoms with E-state index >= 15 is 0 Å². The van der Waals surface area contributed by atoms with Crippen molar-refractivity contribution in [3.63, 3.8) is 0 Å². The lowest BCUT2D eigenvalue weighted by molar-refractivity contribution is 1.44. The highest BCUT2D eigenvalue weighted by molar-refractivity contribution is 7.99. The number of benzene rings is 5. The fraction of sp³-hybridized carbons (Fsp3) is 0. The largest absolute Gasteiger partial charge is 0.353 e. The minimum atomic E-state index is -0.107. The topological polar surface area (TPSA) is 49.9 Å². The molecule has 0 fully saturated rings. The molecule has 5 heteroatoms. The van der Waals surface area contributed by atoms with Crippen LogP contribution in [0.1, 0.15) is 0 Å². The van der Waals surface area contributed by atoms with Gasteiger partial charge in [0.1, 0.15) is 0 Å². The van der Waals surface area contributed by atoms with E-state index in [1.807, 2.05) is 66.7 Å². The molecule has 6 rings (SSSR count). The summed E-state index contributed by atoms with van der Waals surface area (Å²) in [6.07, 6.45) is 0. The molecule has 1 N–H and O–H groups in total. The van der Waals surface area contributed by atoms with Gasteiger partial charge in [-0.3, -0.25) is 9.59 Å². The number of hydrogen-bond acceptors (Lipinski definition) is 4. The van der Waals surface area contributed by atoms with Crippen molar-refractivity contribution in [1.82, 2.24) is 4.98 Å². The minimum absolute atomic E-state index is 0.0999. The van der Waals surface area contributed by atoms with Crippen LogP contribution in [0.4, 0.5) is 0 Å². The first-order valence-corrected chi connectivity index (χ1v) is 11.5. The van der Waals surface area contributed by atoms with Crippen LogP contribution in [0.2, 0.25) is 0 Å². The molecule has 0 radical (unpaired) electrons. The number of fused-ring (bicyclic) bond motifs is 5. The third-order valence-electron chi connectivity index (χ3n) is 5.46. The van der Waals surface area contributed by atoms with Crippen molar-refractivity contribution in [1.29, 1.82) is 0 Å². The Labute approximate surface area is 185 Å². The van der Waals surface area contributed by atoms with E-state index in [0.717, 1.165) is 30.2 Å². The normalized spacial score (nSPS) is 11.6. The number of aromatic amines is 1. The molecule has 0 saturated heterocycles. The second kappa shape index (κ2) is 7.08. The van der Waals surface area contributed by atoms with Gasteiger partial charge in [-0.2, -0.15) is 0 Å². The number of nitrogens with one attached hydrogen (secondary N) is 1. The van der Waals surface area contributed by atoms with E-state index in [1.165, 1.54) is 11.8 Å². The number of aromatic nitrogens is 1. The lowest BCUT2D eigenvalue weighted by atomic mass is 10.0. The standard InChI is InChI=1S/C26H15NO2S2/c28-25-16-10-4-5-11-17(16)26(29)23-22(25)20(30-15-8-2-1-3-9-15)14-21-24(23)27-18-12-6-7-13-19(18)31-21/h1-14,27H. The Balaban J connectivity index is 1.84. The summed E-state index contributed by atoms with van der Waals surface area (Å²) in [5, 5.41) is 1.90. The van der Waals surface area contributed by atoms with Gasteiger partial charge in [0.15, 0.2) is 10.9 Å². The summed E-state index contributed by atoms with van der Waals surface area (Å²) in [5.74, 6) is 0. The first-order chi connectivity index (χ1) is 15.2. The zero-order chi connectivity index (χ0) is 20.9. The average molecular weight is 438 g/mol. The lowest BCUT2D eigenvalue weighted by Gasteiger charge is -2.11. The second-order valence-electron chi connectivity index (χ2n) is 7.34. The molecule has 0 aliphatic heterocycles. The SMILES string of the molecule is O=c1c2ccccc2c(=O)c2c1c(Sc1ccccc1)cc1sc3ccccc3[nH]c12. The van der Waals surface area contributed by atoms with Crippen LogP contribution >= 0.6 is 23.1 Å². The molecule has 1 heterocycles. The molecule has 0 aliphatic rings. The Kier molecular flexibility index (Phi) is 4.19. The van der Waals surface area contributed by atoms with Crippen molar-refractivity contribution in [2.75, 3.05) is 0 Å². The van der Waals surface area contributed by atoms with Gasteiger partial charge in [0.05, 0.1) is 25.8 Å². The van der Waals surface area contributed by atoms with Crippen molar-refractivity contribution < 1.29 is 0 Å². The highest BCUT2D eigenvalue weighted by Gasteiger charge is 2.18. The lowest BCUT2D eigenvalue weighted by Crippen LogP contribution is -2.14. The van der Waals surface area contributed by atoms with E-state index in [-0.39, 0.29) is 10.9 Å². The van der Waals surface area contributed by atoms with Crippen molar-refractivity contribution in [2.24, 2.45) is 0 Å². The third kappa shape index (κ3) is 2.89. The summed E-state index contributed by atoms with van der Waals surface area (Å²) in [7, 11) is 0. The van der Waals surface area contributed by atoms with Crippen LogP contribution in [0, 0.1) is 0 Å². The Morgan fingerprint density at radius 2 is 1.32 bits per heavy atom. The monoisotopic (exact) mass is 437 g/mol. The Hall–Kier alpha value is -3.41. The summed E-state index contributed by atoms with van der Waals surface area (Å²) >= 11 is 3.15. The van der Waals surface area contributed by atoms with Crippen LogP contribution in [0.15, 0.2) is 104 Å². The molecule has 0 atom stereocenters. The molecule has 3 nitrogen and oxygen atoms in total. The molecule has 5 aromatic carbocycles. The molecule has 0 bridgehead atoms. The van der Waals surface area contributed by atoms with Gasteiger partial charge in [-0.15, -0.1) is 11.3 Å². The van der Waals surface area contributed by atoms with E-state index < -0.39 is 0 Å². The van der Waals surface area contributed by atoms with E-state index in [0.29, 0.717) is 21.5 Å². The zero-order valence-electron chi connectivity index (χ0n) is 16.2. The summed E-state index contributed by atoms with van der Waals surface area (Å²) in [4.78, 5) is 32.5. The predicted molar refractivity (Wildman–Crippen MR) is 132 cm³/mol. The van der Waals surface area contributed by atoms with Crippen LogP contribution in [0.5, 0.6) is 0 Å². The van der Waals surface area contributed by atoms with Crippen LogP contribution in [-0.4, -0.2) is 4.98 Å². The van der Waals surface area contributed by atoms with E-state index in [1.54, 1.807) is 23.5 Å². The Morgan fingerprint density at radius 3 is 2.10 bits per heavy atom. The molecule has 0 aliphatic carbocycles. The molecule has 0 saturated carbocycles. The molecule has 31 heavy (non-hydrogen) atoms. The second-order valence-corrected chi connectivity index (χ2v) is 9.54. The molecule has 0 amide bonds. The van der Waals surface area contributed by atoms with Crippen molar-refractivity contribution in [2.45, 2.75) is 9.79 Å². The molecule has 1 aromatic heterocycles. The summed E-state index contributed by atoms with van der Waals surface area (Å²) in [5.41, 5.74) is 1.47. The quantitative estimate of drug-likeness (QED) is 0.246.